The van der Waals surface area contributed by atoms with Crippen molar-refractivity contribution in [2.24, 2.45) is 0 Å². The minimum atomic E-state index is -0.883. The van der Waals surface area contributed by atoms with E-state index in [1.54, 1.807) is 0 Å². The van der Waals surface area contributed by atoms with Crippen LogP contribution in [0.4, 0.5) is 5.82 Å². The van der Waals surface area contributed by atoms with E-state index in [4.69, 9.17) is 10.4 Å². The average molecular weight is 221 g/mol. The Hall–Kier alpha value is -2.13. The standard InChI is InChI=1S/C10H11N3O3/c1-16-10(15)8(6-14)13-9-4-7(5-11)2-3-12-9/h2-4,8,14H,6H2,1H3,(H,12,13). The zero-order valence-corrected chi connectivity index (χ0v) is 8.67. The zero-order valence-electron chi connectivity index (χ0n) is 8.67. The van der Waals surface area contributed by atoms with Crippen LogP contribution in [-0.2, 0) is 9.53 Å². The molecule has 0 aromatic carbocycles. The van der Waals surface area contributed by atoms with Crippen LogP contribution in [0.5, 0.6) is 0 Å². The van der Waals surface area contributed by atoms with Crippen molar-refractivity contribution >= 4 is 11.8 Å². The molecular formula is C10H11N3O3. The van der Waals surface area contributed by atoms with Gasteiger partial charge in [-0.1, -0.05) is 0 Å². The summed E-state index contributed by atoms with van der Waals surface area (Å²) in [5.74, 6) is -0.254. The average Bonchev–Trinajstić information content (AvgIpc) is 2.35. The van der Waals surface area contributed by atoms with E-state index in [-0.39, 0.29) is 0 Å². The van der Waals surface area contributed by atoms with Gasteiger partial charge in [-0.15, -0.1) is 0 Å². The van der Waals surface area contributed by atoms with E-state index >= 15 is 0 Å². The number of nitrogens with one attached hydrogen (secondary N) is 1. The van der Waals surface area contributed by atoms with Crippen molar-refractivity contribution in [2.75, 3.05) is 19.0 Å². The van der Waals surface area contributed by atoms with Gasteiger partial charge < -0.3 is 15.2 Å². The first kappa shape index (κ1) is 11.9. The molecule has 0 bridgehead atoms. The van der Waals surface area contributed by atoms with E-state index in [0.717, 1.165) is 0 Å². The fourth-order valence-corrected chi connectivity index (χ4v) is 1.08. The minimum Gasteiger partial charge on any atom is -0.467 e. The van der Waals surface area contributed by atoms with Gasteiger partial charge in [0, 0.05) is 6.20 Å². The normalized spacial score (nSPS) is 11.3. The third kappa shape index (κ3) is 2.93. The molecule has 1 aromatic heterocycles. The fraction of sp³-hybridized carbons (Fsp3) is 0.300. The number of hydrogen-bond donors (Lipinski definition) is 2. The highest BCUT2D eigenvalue weighted by molar-refractivity contribution is 5.79. The number of carbonyl (C=O) groups is 1. The highest BCUT2D eigenvalue weighted by Gasteiger charge is 2.18. The number of ether oxygens (including phenoxy) is 1. The van der Waals surface area contributed by atoms with Crippen molar-refractivity contribution < 1.29 is 14.6 Å². The molecule has 0 radical (unpaired) electrons. The maximum atomic E-state index is 11.2. The molecule has 1 atom stereocenters. The fourth-order valence-electron chi connectivity index (χ4n) is 1.08. The predicted molar refractivity (Wildman–Crippen MR) is 55.5 cm³/mol. The Labute approximate surface area is 92.5 Å². The molecule has 0 saturated heterocycles. The molecule has 0 aliphatic carbocycles. The van der Waals surface area contributed by atoms with Crippen LogP contribution in [0.3, 0.4) is 0 Å². The molecule has 2 N–H and O–H groups in total. The molecule has 0 aliphatic rings. The van der Waals surface area contributed by atoms with Crippen molar-refractivity contribution in [1.82, 2.24) is 4.98 Å². The van der Waals surface area contributed by atoms with Crippen molar-refractivity contribution in [3.63, 3.8) is 0 Å². The van der Waals surface area contributed by atoms with Gasteiger partial charge in [0.2, 0.25) is 0 Å². The summed E-state index contributed by atoms with van der Waals surface area (Å²) in [6, 6.07) is 4.08. The monoisotopic (exact) mass is 221 g/mol. The number of carbonyl (C=O) groups excluding carboxylic acids is 1. The Morgan fingerprint density at radius 1 is 1.81 bits per heavy atom. The number of pyridine rings is 1. The lowest BCUT2D eigenvalue weighted by Gasteiger charge is -2.14. The van der Waals surface area contributed by atoms with Crippen LogP contribution in [0.25, 0.3) is 0 Å². The van der Waals surface area contributed by atoms with Crippen molar-refractivity contribution in [3.05, 3.63) is 23.9 Å². The second kappa shape index (κ2) is 5.68. The van der Waals surface area contributed by atoms with Crippen LogP contribution in [-0.4, -0.2) is 35.8 Å². The number of aromatic nitrogens is 1. The van der Waals surface area contributed by atoms with Crippen LogP contribution in [0.1, 0.15) is 5.56 Å². The van der Waals surface area contributed by atoms with E-state index in [0.29, 0.717) is 11.4 Å². The second-order valence-electron chi connectivity index (χ2n) is 2.94. The molecule has 0 amide bonds. The highest BCUT2D eigenvalue weighted by atomic mass is 16.5. The van der Waals surface area contributed by atoms with Gasteiger partial charge in [0.05, 0.1) is 25.3 Å². The number of aliphatic hydroxyl groups excluding tert-OH is 1. The first-order valence-corrected chi connectivity index (χ1v) is 4.52. The Kier molecular flexibility index (Phi) is 4.24. The Morgan fingerprint density at radius 2 is 2.56 bits per heavy atom. The summed E-state index contributed by atoms with van der Waals surface area (Å²) in [6.07, 6.45) is 1.44. The van der Waals surface area contributed by atoms with Gasteiger partial charge in [-0.2, -0.15) is 5.26 Å². The molecule has 1 heterocycles. The van der Waals surface area contributed by atoms with Gasteiger partial charge in [-0.05, 0) is 12.1 Å². The number of anilines is 1. The number of nitrogens with zero attached hydrogens (tertiary/aromatic N) is 2. The van der Waals surface area contributed by atoms with Crippen molar-refractivity contribution in [1.29, 1.82) is 5.26 Å². The lowest BCUT2D eigenvalue weighted by atomic mass is 10.2. The number of esters is 1. The van der Waals surface area contributed by atoms with Crippen LogP contribution in [0.2, 0.25) is 0 Å². The molecular weight excluding hydrogens is 210 g/mol. The summed E-state index contributed by atoms with van der Waals surface area (Å²) < 4.78 is 4.48. The van der Waals surface area contributed by atoms with Crippen LogP contribution in [0, 0.1) is 11.3 Å². The van der Waals surface area contributed by atoms with Gasteiger partial charge in [0.1, 0.15) is 11.9 Å². The third-order valence-corrected chi connectivity index (χ3v) is 1.88. The van der Waals surface area contributed by atoms with Crippen molar-refractivity contribution in [3.8, 4) is 6.07 Å². The van der Waals surface area contributed by atoms with E-state index in [1.807, 2.05) is 6.07 Å². The van der Waals surface area contributed by atoms with Gasteiger partial charge in [0.15, 0.2) is 0 Å². The van der Waals surface area contributed by atoms with Crippen molar-refractivity contribution in [2.45, 2.75) is 6.04 Å². The van der Waals surface area contributed by atoms with Gasteiger partial charge in [-0.25, -0.2) is 9.78 Å². The van der Waals surface area contributed by atoms with E-state index in [2.05, 4.69) is 15.0 Å². The lowest BCUT2D eigenvalue weighted by molar-refractivity contribution is -0.142. The van der Waals surface area contributed by atoms with Crippen LogP contribution < -0.4 is 5.32 Å². The van der Waals surface area contributed by atoms with Gasteiger partial charge >= 0.3 is 5.97 Å². The quantitative estimate of drug-likeness (QED) is 0.689. The number of hydrogen-bond acceptors (Lipinski definition) is 6. The molecule has 16 heavy (non-hydrogen) atoms. The predicted octanol–water partition coefficient (Wildman–Crippen LogP) is -0.101. The molecule has 6 heteroatoms. The number of methoxy groups -OCH3 is 1. The summed E-state index contributed by atoms with van der Waals surface area (Å²) in [4.78, 5) is 15.1. The second-order valence-corrected chi connectivity index (χ2v) is 2.94. The smallest absolute Gasteiger partial charge is 0.330 e. The van der Waals surface area contributed by atoms with Gasteiger partial charge in [-0.3, -0.25) is 0 Å². The summed E-state index contributed by atoms with van der Waals surface area (Å²) in [7, 11) is 1.23. The molecule has 6 nitrogen and oxygen atoms in total. The first-order valence-electron chi connectivity index (χ1n) is 4.52. The highest BCUT2D eigenvalue weighted by Crippen LogP contribution is 2.07. The maximum absolute atomic E-state index is 11.2. The number of nitriles is 1. The maximum Gasteiger partial charge on any atom is 0.330 e. The molecule has 0 saturated carbocycles. The van der Waals surface area contributed by atoms with Gasteiger partial charge in [0.25, 0.3) is 0 Å². The molecule has 1 rings (SSSR count). The SMILES string of the molecule is COC(=O)C(CO)Nc1cc(C#N)ccn1. The molecule has 0 spiro atoms. The molecule has 84 valence electrons. The summed E-state index contributed by atoms with van der Waals surface area (Å²) in [6.45, 7) is -0.412. The Bertz CT molecular complexity index is 414. The summed E-state index contributed by atoms with van der Waals surface area (Å²) >= 11 is 0. The van der Waals surface area contributed by atoms with E-state index in [1.165, 1.54) is 25.4 Å². The first-order chi connectivity index (χ1) is 7.71. The topological polar surface area (TPSA) is 95.2 Å². The summed E-state index contributed by atoms with van der Waals surface area (Å²) in [5.41, 5.74) is 0.416. The molecule has 1 aromatic rings. The number of rotatable bonds is 4. The van der Waals surface area contributed by atoms with Crippen LogP contribution in [0.15, 0.2) is 18.3 Å². The largest absolute Gasteiger partial charge is 0.467 e. The van der Waals surface area contributed by atoms with Crippen LogP contribution >= 0.6 is 0 Å². The number of aliphatic hydroxyl groups is 1. The molecule has 1 unspecified atom stereocenters. The third-order valence-electron chi connectivity index (χ3n) is 1.88. The Morgan fingerprint density at radius 3 is 3.12 bits per heavy atom. The molecule has 0 fully saturated rings. The molecule has 0 aliphatic heterocycles. The Balaban J connectivity index is 2.78. The van der Waals surface area contributed by atoms with E-state index in [9.17, 15) is 4.79 Å². The summed E-state index contributed by atoms with van der Waals surface area (Å²) in [5, 5.41) is 20.3. The zero-order chi connectivity index (χ0) is 12.0. The van der Waals surface area contributed by atoms with E-state index < -0.39 is 18.6 Å². The lowest BCUT2D eigenvalue weighted by Crippen LogP contribution is -2.34. The minimum absolute atomic E-state index is 0.337.